The van der Waals surface area contributed by atoms with Gasteiger partial charge in [0.2, 0.25) is 0 Å². The average molecular weight is 277 g/mol. The van der Waals surface area contributed by atoms with E-state index in [1.165, 1.54) is 43.4 Å². The van der Waals surface area contributed by atoms with Gasteiger partial charge in [-0.1, -0.05) is 31.1 Å². The minimum atomic E-state index is -0.152. The van der Waals surface area contributed by atoms with E-state index in [1.807, 2.05) is 6.07 Å². The van der Waals surface area contributed by atoms with E-state index in [0.717, 1.165) is 11.4 Å². The molecule has 0 aromatic carbocycles. The Kier molecular flexibility index (Phi) is 5.44. The molecule has 2 rings (SSSR count). The highest BCUT2D eigenvalue weighted by Gasteiger charge is 2.15. The van der Waals surface area contributed by atoms with Gasteiger partial charge in [0.05, 0.1) is 9.75 Å². The minimum Gasteiger partial charge on any atom is -0.384 e. The molecule has 0 radical (unpaired) electrons. The molecule has 102 valence electrons. The van der Waals surface area contributed by atoms with E-state index in [4.69, 9.17) is 5.11 Å². The van der Waals surface area contributed by atoms with Crippen molar-refractivity contribution in [1.82, 2.24) is 5.32 Å². The molecule has 19 heavy (non-hydrogen) atoms. The lowest BCUT2D eigenvalue weighted by molar-refractivity contribution is 0.0947. The second-order valence-corrected chi connectivity index (χ2v) is 5.92. The first-order chi connectivity index (χ1) is 9.29. The smallest absolute Gasteiger partial charge is 0.261 e. The zero-order valence-corrected chi connectivity index (χ0v) is 11.8. The lowest BCUT2D eigenvalue weighted by atomic mass is 9.89. The molecular formula is C15H19NO2S. The van der Waals surface area contributed by atoms with E-state index >= 15 is 0 Å². The van der Waals surface area contributed by atoms with Crippen LogP contribution in [0.5, 0.6) is 0 Å². The molecule has 1 aromatic heterocycles. The Morgan fingerprint density at radius 1 is 1.37 bits per heavy atom. The molecule has 0 bridgehead atoms. The molecule has 2 N–H and O–H groups in total. The monoisotopic (exact) mass is 277 g/mol. The van der Waals surface area contributed by atoms with E-state index in [0.29, 0.717) is 10.8 Å². The molecule has 0 unspecified atom stereocenters. The number of rotatable bonds is 3. The van der Waals surface area contributed by atoms with Gasteiger partial charge in [0.15, 0.2) is 0 Å². The molecule has 1 heterocycles. The lowest BCUT2D eigenvalue weighted by Gasteiger charge is -2.21. The fraction of sp³-hybridized carbons (Fsp3) is 0.533. The van der Waals surface area contributed by atoms with E-state index in [1.54, 1.807) is 6.07 Å². The quantitative estimate of drug-likeness (QED) is 0.834. The van der Waals surface area contributed by atoms with Crippen LogP contribution in [0.4, 0.5) is 0 Å². The number of nitrogens with one attached hydrogen (secondary N) is 1. The number of carbonyl (C=O) groups excluding carboxylic acids is 1. The molecule has 1 aliphatic carbocycles. The number of aliphatic hydroxyl groups is 1. The van der Waals surface area contributed by atoms with Gasteiger partial charge in [-0.05, 0) is 30.9 Å². The third-order valence-corrected chi connectivity index (χ3v) is 4.40. The van der Waals surface area contributed by atoms with E-state index in [-0.39, 0.29) is 12.5 Å². The minimum absolute atomic E-state index is 0.00683. The lowest BCUT2D eigenvalue weighted by Crippen LogP contribution is -2.29. The van der Waals surface area contributed by atoms with Gasteiger partial charge in [0.25, 0.3) is 5.91 Å². The Morgan fingerprint density at radius 3 is 2.89 bits per heavy atom. The van der Waals surface area contributed by atoms with Gasteiger partial charge < -0.3 is 10.4 Å². The van der Waals surface area contributed by atoms with E-state index in [2.05, 4.69) is 17.2 Å². The Morgan fingerprint density at radius 2 is 2.16 bits per heavy atom. The van der Waals surface area contributed by atoms with E-state index < -0.39 is 0 Å². The summed E-state index contributed by atoms with van der Waals surface area (Å²) in [5.74, 6) is 6.04. The predicted octanol–water partition coefficient (Wildman–Crippen LogP) is 2.40. The van der Waals surface area contributed by atoms with Crippen LogP contribution >= 0.6 is 11.3 Å². The largest absolute Gasteiger partial charge is 0.384 e. The highest BCUT2D eigenvalue weighted by molar-refractivity contribution is 7.14. The van der Waals surface area contributed by atoms with Gasteiger partial charge in [0.1, 0.15) is 6.61 Å². The topological polar surface area (TPSA) is 49.3 Å². The van der Waals surface area contributed by atoms with Crippen molar-refractivity contribution in [3.05, 3.63) is 21.9 Å². The molecule has 0 saturated heterocycles. The van der Waals surface area contributed by atoms with Gasteiger partial charge in [-0.2, -0.15) is 0 Å². The van der Waals surface area contributed by atoms with Crippen molar-refractivity contribution in [3.63, 3.8) is 0 Å². The number of aliphatic hydroxyl groups excluding tert-OH is 1. The first kappa shape index (κ1) is 14.1. The molecule has 3 nitrogen and oxygen atoms in total. The highest BCUT2D eigenvalue weighted by Crippen LogP contribution is 2.23. The fourth-order valence-corrected chi connectivity index (χ4v) is 3.17. The second kappa shape index (κ2) is 7.32. The van der Waals surface area contributed by atoms with Crippen LogP contribution in [0.15, 0.2) is 12.1 Å². The van der Waals surface area contributed by atoms with Crippen LogP contribution < -0.4 is 5.32 Å². The maximum Gasteiger partial charge on any atom is 0.261 e. The van der Waals surface area contributed by atoms with Crippen LogP contribution in [-0.2, 0) is 0 Å². The first-order valence-corrected chi connectivity index (χ1v) is 7.59. The number of carbonyl (C=O) groups is 1. The zero-order chi connectivity index (χ0) is 13.5. The number of amides is 1. The van der Waals surface area contributed by atoms with Crippen LogP contribution in [0.3, 0.4) is 0 Å². The number of hydrogen-bond acceptors (Lipinski definition) is 3. The molecule has 1 aromatic rings. The summed E-state index contributed by atoms with van der Waals surface area (Å²) in [4.78, 5) is 13.5. The molecule has 4 heteroatoms. The van der Waals surface area contributed by atoms with Crippen molar-refractivity contribution in [3.8, 4) is 11.8 Å². The van der Waals surface area contributed by atoms with Crippen molar-refractivity contribution in [2.45, 2.75) is 32.1 Å². The van der Waals surface area contributed by atoms with Gasteiger partial charge >= 0.3 is 0 Å². The Hall–Kier alpha value is -1.31. The second-order valence-electron chi connectivity index (χ2n) is 4.84. The van der Waals surface area contributed by atoms with Crippen molar-refractivity contribution < 1.29 is 9.90 Å². The number of hydrogen-bond donors (Lipinski definition) is 2. The summed E-state index contributed by atoms with van der Waals surface area (Å²) in [6.45, 7) is 0.634. The standard InChI is InChI=1S/C15H19NO2S/c17-10-4-7-13-8-9-14(19-13)15(18)16-11-12-5-2-1-3-6-12/h8-9,12,17H,1-3,5-6,10-11H2,(H,16,18). The van der Waals surface area contributed by atoms with E-state index in [9.17, 15) is 4.79 Å². The van der Waals surface area contributed by atoms with Crippen molar-refractivity contribution in [2.75, 3.05) is 13.2 Å². The molecule has 1 amide bonds. The maximum atomic E-state index is 12.0. The van der Waals surface area contributed by atoms with Crippen LogP contribution in [0.2, 0.25) is 0 Å². The Bertz CT molecular complexity index is 478. The summed E-state index contributed by atoms with van der Waals surface area (Å²) >= 11 is 1.37. The van der Waals surface area contributed by atoms with Crippen molar-refractivity contribution in [1.29, 1.82) is 0 Å². The van der Waals surface area contributed by atoms with Crippen LogP contribution in [0.25, 0.3) is 0 Å². The molecule has 0 spiro atoms. The van der Waals surface area contributed by atoms with Crippen molar-refractivity contribution >= 4 is 17.2 Å². The Labute approximate surface area is 118 Å². The third-order valence-electron chi connectivity index (χ3n) is 3.40. The predicted molar refractivity (Wildman–Crippen MR) is 77.2 cm³/mol. The fourth-order valence-electron chi connectivity index (χ4n) is 2.37. The summed E-state index contributed by atoms with van der Waals surface area (Å²) < 4.78 is 0. The summed E-state index contributed by atoms with van der Waals surface area (Å²) in [6, 6.07) is 3.62. The summed E-state index contributed by atoms with van der Waals surface area (Å²) in [7, 11) is 0. The zero-order valence-electron chi connectivity index (χ0n) is 10.9. The average Bonchev–Trinajstić information content (AvgIpc) is 2.92. The van der Waals surface area contributed by atoms with Gasteiger partial charge in [0, 0.05) is 6.54 Å². The van der Waals surface area contributed by atoms with Gasteiger partial charge in [-0.15, -0.1) is 11.3 Å². The van der Waals surface area contributed by atoms with Crippen molar-refractivity contribution in [2.24, 2.45) is 5.92 Å². The van der Waals surface area contributed by atoms with Gasteiger partial charge in [-0.3, -0.25) is 4.79 Å². The third kappa shape index (κ3) is 4.38. The summed E-state index contributed by atoms with van der Waals surface area (Å²) in [5.41, 5.74) is 0. The first-order valence-electron chi connectivity index (χ1n) is 6.77. The van der Waals surface area contributed by atoms with Gasteiger partial charge in [-0.25, -0.2) is 0 Å². The molecule has 0 aliphatic heterocycles. The summed E-state index contributed by atoms with van der Waals surface area (Å²) in [5, 5.41) is 11.6. The molecule has 1 saturated carbocycles. The van der Waals surface area contributed by atoms with Crippen LogP contribution in [0.1, 0.15) is 46.7 Å². The van der Waals surface area contributed by atoms with Crippen LogP contribution in [-0.4, -0.2) is 24.2 Å². The SMILES string of the molecule is O=C(NCC1CCCCC1)c1ccc(C#CCO)s1. The Balaban J connectivity index is 1.83. The number of thiophene rings is 1. The molecular weight excluding hydrogens is 258 g/mol. The van der Waals surface area contributed by atoms with Crippen LogP contribution in [0, 0.1) is 17.8 Å². The molecule has 1 aliphatic rings. The molecule has 1 fully saturated rings. The highest BCUT2D eigenvalue weighted by atomic mass is 32.1. The summed E-state index contributed by atoms with van der Waals surface area (Å²) in [6.07, 6.45) is 6.39. The maximum absolute atomic E-state index is 12.0. The normalized spacial score (nSPS) is 15.6. The molecule has 0 atom stereocenters.